The molecule has 2 rings (SSSR count). The van der Waals surface area contributed by atoms with Gasteiger partial charge in [0, 0.05) is 12.7 Å². The molecule has 0 unspecified atom stereocenters. The number of hydrogen-bond acceptors (Lipinski definition) is 5. The number of nitrogens with zero attached hydrogens (tertiary/aromatic N) is 3. The summed E-state index contributed by atoms with van der Waals surface area (Å²) < 4.78 is 0. The number of nitrogens with two attached hydrogens (primary N) is 2. The van der Waals surface area contributed by atoms with Crippen LogP contribution in [0.15, 0.2) is 24.5 Å². The number of pyridine rings is 1. The minimum Gasteiger partial charge on any atom is -0.404 e. The molecular formula is C13H16N7O+. The van der Waals surface area contributed by atoms with Gasteiger partial charge >= 0.3 is 6.03 Å². The molecule has 2 aromatic rings. The van der Waals surface area contributed by atoms with Crippen molar-refractivity contribution in [3.63, 3.8) is 0 Å². The second kappa shape index (κ2) is 6.42. The monoisotopic (exact) mass is 286 g/mol. The zero-order chi connectivity index (χ0) is 15.2. The first-order chi connectivity index (χ1) is 10.2. The third kappa shape index (κ3) is 3.30. The Morgan fingerprint density at radius 2 is 2.24 bits per heavy atom. The molecule has 0 aliphatic heterocycles. The van der Waals surface area contributed by atoms with Gasteiger partial charge in [-0.3, -0.25) is 15.7 Å². The summed E-state index contributed by atoms with van der Waals surface area (Å²) in [6.07, 6.45) is 4.24. The number of allylic oxidation sites excluding steroid dienone is 1. The summed E-state index contributed by atoms with van der Waals surface area (Å²) in [5.41, 5.74) is 7.52. The number of amides is 2. The van der Waals surface area contributed by atoms with E-state index in [0.717, 1.165) is 0 Å². The number of carbonyl (C=O) groups is 1. The van der Waals surface area contributed by atoms with Gasteiger partial charge in [0.1, 0.15) is 11.3 Å². The summed E-state index contributed by atoms with van der Waals surface area (Å²) in [6, 6.07) is 3.05. The SMILES string of the molecule is CCNC(=O)Nc1ccc2ncc(/C(C=[NH2+])=C/N)nc2n1. The number of anilines is 1. The summed E-state index contributed by atoms with van der Waals surface area (Å²) in [5, 5.41) is 10.7. The third-order valence-corrected chi connectivity index (χ3v) is 2.64. The van der Waals surface area contributed by atoms with E-state index < -0.39 is 0 Å². The average molecular weight is 286 g/mol. The van der Waals surface area contributed by atoms with Crippen LogP contribution in [0.25, 0.3) is 16.7 Å². The average Bonchev–Trinajstić information content (AvgIpc) is 2.48. The first-order valence-electron chi connectivity index (χ1n) is 6.33. The topological polar surface area (TPSA) is 131 Å². The molecule has 0 atom stereocenters. The molecule has 0 saturated heterocycles. The Hall–Kier alpha value is -3.03. The number of urea groups is 1. The van der Waals surface area contributed by atoms with Crippen LogP contribution in [0.2, 0.25) is 0 Å². The lowest BCUT2D eigenvalue weighted by atomic mass is 10.2. The van der Waals surface area contributed by atoms with E-state index in [4.69, 9.17) is 11.1 Å². The molecule has 0 fully saturated rings. The highest BCUT2D eigenvalue weighted by Gasteiger charge is 2.08. The van der Waals surface area contributed by atoms with Crippen LogP contribution in [-0.2, 0) is 0 Å². The first-order valence-corrected chi connectivity index (χ1v) is 6.33. The molecule has 0 radical (unpaired) electrons. The van der Waals surface area contributed by atoms with E-state index in [9.17, 15) is 4.79 Å². The fourth-order valence-electron chi connectivity index (χ4n) is 1.65. The van der Waals surface area contributed by atoms with E-state index in [1.54, 1.807) is 18.3 Å². The van der Waals surface area contributed by atoms with Crippen LogP contribution >= 0.6 is 0 Å². The first kappa shape index (κ1) is 14.4. The molecule has 2 aromatic heterocycles. The van der Waals surface area contributed by atoms with Crippen LogP contribution < -0.4 is 21.8 Å². The van der Waals surface area contributed by atoms with Gasteiger partial charge in [-0.25, -0.2) is 14.8 Å². The smallest absolute Gasteiger partial charge is 0.320 e. The van der Waals surface area contributed by atoms with Gasteiger partial charge in [0.25, 0.3) is 0 Å². The Kier molecular flexibility index (Phi) is 4.39. The minimum absolute atomic E-state index is 0.328. The molecule has 0 aliphatic rings. The summed E-state index contributed by atoms with van der Waals surface area (Å²) in [7, 11) is 0. The van der Waals surface area contributed by atoms with E-state index in [2.05, 4.69) is 25.6 Å². The molecular weight excluding hydrogens is 270 g/mol. The number of hydrogen-bond donors (Lipinski definition) is 4. The van der Waals surface area contributed by atoms with E-state index in [0.29, 0.717) is 34.8 Å². The maximum absolute atomic E-state index is 11.5. The lowest BCUT2D eigenvalue weighted by Gasteiger charge is -2.06. The third-order valence-electron chi connectivity index (χ3n) is 2.64. The molecule has 108 valence electrons. The zero-order valence-electron chi connectivity index (χ0n) is 11.5. The predicted molar refractivity (Wildman–Crippen MR) is 80.2 cm³/mol. The molecule has 0 bridgehead atoms. The van der Waals surface area contributed by atoms with Crippen LogP contribution in [0, 0.1) is 0 Å². The van der Waals surface area contributed by atoms with Gasteiger partial charge in [-0.15, -0.1) is 0 Å². The number of aromatic nitrogens is 3. The van der Waals surface area contributed by atoms with E-state index in [1.165, 1.54) is 12.4 Å². The van der Waals surface area contributed by atoms with Crippen LogP contribution in [0.4, 0.5) is 10.6 Å². The molecule has 6 N–H and O–H groups in total. The molecule has 8 nitrogen and oxygen atoms in total. The number of fused-ring (bicyclic) bond motifs is 1. The Morgan fingerprint density at radius 3 is 2.90 bits per heavy atom. The van der Waals surface area contributed by atoms with Crippen LogP contribution in [-0.4, -0.2) is 33.7 Å². The Balaban J connectivity index is 2.36. The van der Waals surface area contributed by atoms with Gasteiger partial charge in [0.2, 0.25) is 0 Å². The summed E-state index contributed by atoms with van der Waals surface area (Å²) >= 11 is 0. The van der Waals surface area contributed by atoms with Crippen molar-refractivity contribution < 1.29 is 10.2 Å². The quantitative estimate of drug-likeness (QED) is 0.552. The number of carbonyl (C=O) groups excluding carboxylic acids is 1. The van der Waals surface area contributed by atoms with Gasteiger partial charge in [-0.05, 0) is 19.1 Å². The standard InChI is InChI=1S/C13H15N7O/c1-2-16-13(21)20-11-4-3-9-12(19-11)18-10(7-17-9)8(5-14)6-15/h3-7,14H,2,15H2,1H3,(H2,16,18,19,20,21)/p+1/b8-6+,14-5?. The van der Waals surface area contributed by atoms with Crippen molar-refractivity contribution in [2.45, 2.75) is 6.92 Å². The minimum atomic E-state index is -0.328. The van der Waals surface area contributed by atoms with E-state index in [-0.39, 0.29) is 6.03 Å². The molecule has 21 heavy (non-hydrogen) atoms. The lowest BCUT2D eigenvalue weighted by Crippen LogP contribution is -2.30. The number of nitrogens with one attached hydrogen (secondary N) is 2. The molecule has 2 amide bonds. The van der Waals surface area contributed by atoms with Crippen LogP contribution in [0.3, 0.4) is 0 Å². The maximum Gasteiger partial charge on any atom is 0.320 e. The summed E-state index contributed by atoms with van der Waals surface area (Å²) in [6.45, 7) is 2.36. The molecule has 0 aromatic carbocycles. The van der Waals surface area contributed by atoms with Crippen molar-refractivity contribution in [1.29, 1.82) is 0 Å². The van der Waals surface area contributed by atoms with Crippen molar-refractivity contribution in [1.82, 2.24) is 20.3 Å². The summed E-state index contributed by atoms with van der Waals surface area (Å²) in [5.74, 6) is 0.384. The van der Waals surface area contributed by atoms with Crippen molar-refractivity contribution in [3.05, 3.63) is 30.2 Å². The molecule has 0 aliphatic carbocycles. The van der Waals surface area contributed by atoms with Crippen LogP contribution in [0.1, 0.15) is 12.6 Å². The van der Waals surface area contributed by atoms with E-state index >= 15 is 0 Å². The van der Waals surface area contributed by atoms with Gasteiger partial charge in [0.15, 0.2) is 11.9 Å². The zero-order valence-corrected chi connectivity index (χ0v) is 11.5. The molecule has 2 heterocycles. The Labute approximate surface area is 121 Å². The Morgan fingerprint density at radius 1 is 1.43 bits per heavy atom. The predicted octanol–water partition coefficient (Wildman–Crippen LogP) is -0.704. The van der Waals surface area contributed by atoms with Gasteiger partial charge < -0.3 is 11.1 Å². The highest BCUT2D eigenvalue weighted by molar-refractivity contribution is 6.06. The Bertz CT molecular complexity index is 711. The van der Waals surface area contributed by atoms with Gasteiger partial charge in [0.05, 0.1) is 17.5 Å². The molecule has 0 spiro atoms. The number of rotatable bonds is 4. The van der Waals surface area contributed by atoms with Crippen molar-refractivity contribution in [2.75, 3.05) is 11.9 Å². The fourth-order valence-corrected chi connectivity index (χ4v) is 1.65. The van der Waals surface area contributed by atoms with Crippen molar-refractivity contribution in [2.24, 2.45) is 5.73 Å². The highest BCUT2D eigenvalue weighted by Crippen LogP contribution is 2.14. The highest BCUT2D eigenvalue weighted by atomic mass is 16.2. The van der Waals surface area contributed by atoms with Gasteiger partial charge in [-0.1, -0.05) is 0 Å². The van der Waals surface area contributed by atoms with Crippen LogP contribution in [0.5, 0.6) is 0 Å². The maximum atomic E-state index is 11.5. The fraction of sp³-hybridized carbons (Fsp3) is 0.154. The second-order valence-corrected chi connectivity index (χ2v) is 4.07. The normalized spacial score (nSPS) is 11.2. The van der Waals surface area contributed by atoms with Gasteiger partial charge in [-0.2, -0.15) is 0 Å². The second-order valence-electron chi connectivity index (χ2n) is 4.07. The lowest BCUT2D eigenvalue weighted by molar-refractivity contribution is -0.103. The molecule has 0 saturated carbocycles. The largest absolute Gasteiger partial charge is 0.404 e. The van der Waals surface area contributed by atoms with Crippen molar-refractivity contribution >= 4 is 34.8 Å². The summed E-state index contributed by atoms with van der Waals surface area (Å²) in [4.78, 5) is 24.3. The molecule has 8 heteroatoms. The van der Waals surface area contributed by atoms with E-state index in [1.807, 2.05) is 6.92 Å². The van der Waals surface area contributed by atoms with Crippen molar-refractivity contribution in [3.8, 4) is 0 Å².